The van der Waals surface area contributed by atoms with Crippen molar-refractivity contribution in [1.29, 1.82) is 5.26 Å². The van der Waals surface area contributed by atoms with Crippen LogP contribution in [0.2, 0.25) is 0 Å². The van der Waals surface area contributed by atoms with Gasteiger partial charge in [0.1, 0.15) is 5.70 Å². The highest BCUT2D eigenvalue weighted by atomic mass is 16.5. The van der Waals surface area contributed by atoms with E-state index in [2.05, 4.69) is 11.4 Å². The lowest BCUT2D eigenvalue weighted by molar-refractivity contribution is -0.136. The van der Waals surface area contributed by atoms with Crippen molar-refractivity contribution in [3.8, 4) is 6.07 Å². The van der Waals surface area contributed by atoms with Crippen molar-refractivity contribution in [1.82, 2.24) is 4.90 Å². The Balaban J connectivity index is 2.36. The van der Waals surface area contributed by atoms with Crippen molar-refractivity contribution in [3.05, 3.63) is 41.1 Å². The number of benzene rings is 1. The van der Waals surface area contributed by atoms with Crippen molar-refractivity contribution in [2.75, 3.05) is 32.1 Å². The smallest absolute Gasteiger partial charge is 0.337 e. The summed E-state index contributed by atoms with van der Waals surface area (Å²) < 4.78 is 4.75. The van der Waals surface area contributed by atoms with Crippen molar-refractivity contribution in [2.24, 2.45) is 0 Å². The molecule has 0 saturated heterocycles. The highest BCUT2D eigenvalue weighted by Gasteiger charge is 2.34. The summed E-state index contributed by atoms with van der Waals surface area (Å²) in [5.41, 5.74) is 1.05. The normalized spacial score (nSPS) is 14.5. The molecule has 0 aliphatic carbocycles. The Kier molecular flexibility index (Phi) is 5.45. The fourth-order valence-electron chi connectivity index (χ4n) is 2.54. The number of ether oxygens (including phenoxy) is 1. The average Bonchev–Trinajstić information content (AvgIpc) is 2.91. The molecule has 0 aromatic heterocycles. The zero-order valence-corrected chi connectivity index (χ0v) is 14.5. The lowest BCUT2D eigenvalue weighted by atomic mass is 9.86. The second kappa shape index (κ2) is 7.36. The van der Waals surface area contributed by atoms with Gasteiger partial charge in [-0.05, 0) is 31.5 Å². The van der Waals surface area contributed by atoms with E-state index in [0.717, 1.165) is 5.56 Å². The van der Waals surface area contributed by atoms with Crippen LogP contribution in [0.15, 0.2) is 35.5 Å². The molecule has 2 N–H and O–H groups in total. The van der Waals surface area contributed by atoms with Crippen LogP contribution < -0.4 is 5.32 Å². The molecule has 1 heterocycles. The van der Waals surface area contributed by atoms with Gasteiger partial charge in [-0.3, -0.25) is 4.79 Å². The van der Waals surface area contributed by atoms with Crippen LogP contribution in [-0.4, -0.2) is 48.7 Å². The van der Waals surface area contributed by atoms with E-state index in [-0.39, 0.29) is 36.9 Å². The zero-order valence-electron chi connectivity index (χ0n) is 14.5. The molecule has 7 nitrogen and oxygen atoms in total. The van der Waals surface area contributed by atoms with Gasteiger partial charge in [0.25, 0.3) is 5.91 Å². The summed E-state index contributed by atoms with van der Waals surface area (Å²) in [6.45, 7) is 3.62. The second-order valence-corrected chi connectivity index (χ2v) is 6.24. The van der Waals surface area contributed by atoms with E-state index in [9.17, 15) is 14.9 Å². The van der Waals surface area contributed by atoms with Crippen molar-refractivity contribution >= 4 is 17.6 Å². The maximum Gasteiger partial charge on any atom is 0.337 e. The second-order valence-electron chi connectivity index (χ2n) is 6.24. The quantitative estimate of drug-likeness (QED) is 0.752. The number of amides is 1. The lowest BCUT2D eigenvalue weighted by Gasteiger charge is -2.18. The van der Waals surface area contributed by atoms with Gasteiger partial charge in [0.05, 0.1) is 37.3 Å². The Morgan fingerprint density at radius 2 is 2.20 bits per heavy atom. The Labute approximate surface area is 146 Å². The molecule has 0 radical (unpaired) electrons. The Morgan fingerprint density at radius 1 is 1.48 bits per heavy atom. The maximum absolute atomic E-state index is 12.5. The van der Waals surface area contributed by atoms with E-state index >= 15 is 0 Å². The van der Waals surface area contributed by atoms with Gasteiger partial charge in [0.2, 0.25) is 0 Å². The Morgan fingerprint density at radius 3 is 2.80 bits per heavy atom. The predicted octanol–water partition coefficient (Wildman–Crippen LogP) is 1.16. The summed E-state index contributed by atoms with van der Waals surface area (Å²) in [6.07, 6.45) is 0. The molecule has 1 amide bonds. The van der Waals surface area contributed by atoms with E-state index in [1.165, 1.54) is 12.0 Å². The first-order valence-electron chi connectivity index (χ1n) is 7.84. The number of nitriles is 1. The molecule has 1 aromatic carbocycles. The van der Waals surface area contributed by atoms with Crippen LogP contribution >= 0.6 is 0 Å². The Hall–Kier alpha value is -2.85. The van der Waals surface area contributed by atoms with Gasteiger partial charge >= 0.3 is 5.97 Å². The molecular weight excluding hydrogens is 322 g/mol. The van der Waals surface area contributed by atoms with Crippen LogP contribution in [0.3, 0.4) is 0 Å². The zero-order chi connectivity index (χ0) is 18.6. The Bertz CT molecular complexity index is 762. The third-order valence-corrected chi connectivity index (χ3v) is 4.09. The van der Waals surface area contributed by atoms with E-state index < -0.39 is 11.4 Å². The molecule has 1 aliphatic heterocycles. The first-order chi connectivity index (χ1) is 11.8. The summed E-state index contributed by atoms with van der Waals surface area (Å²) >= 11 is 0. The number of rotatable bonds is 6. The number of carbonyl (C=O) groups excluding carboxylic acids is 2. The minimum atomic E-state index is -0.681. The molecule has 0 saturated carbocycles. The number of hydrogen-bond donors (Lipinski definition) is 2. The van der Waals surface area contributed by atoms with Crippen LogP contribution in [0.5, 0.6) is 0 Å². The van der Waals surface area contributed by atoms with Crippen LogP contribution in [0.4, 0.5) is 5.69 Å². The van der Waals surface area contributed by atoms with E-state index in [1.54, 1.807) is 32.0 Å². The van der Waals surface area contributed by atoms with Crippen molar-refractivity contribution in [3.63, 3.8) is 0 Å². The van der Waals surface area contributed by atoms with Crippen molar-refractivity contribution < 1.29 is 19.4 Å². The summed E-state index contributed by atoms with van der Waals surface area (Å²) in [4.78, 5) is 25.9. The number of nitrogens with zero attached hydrogens (tertiary/aromatic N) is 2. The van der Waals surface area contributed by atoms with Gasteiger partial charge < -0.3 is 20.1 Å². The molecule has 1 aliphatic rings. The van der Waals surface area contributed by atoms with Gasteiger partial charge in [-0.2, -0.15) is 5.26 Å². The summed E-state index contributed by atoms with van der Waals surface area (Å²) in [5, 5.41) is 21.3. The number of aliphatic hydroxyl groups excluding tert-OH is 1. The maximum atomic E-state index is 12.5. The highest BCUT2D eigenvalue weighted by Crippen LogP contribution is 2.27. The SMILES string of the molecule is COC(=O)C1=C(Nc2cccc(C(C)(C)C#N)c2)C(=O)N(CCO)C1. The number of methoxy groups -OCH3 is 1. The third kappa shape index (κ3) is 3.80. The summed E-state index contributed by atoms with van der Waals surface area (Å²) in [5.74, 6) is -0.968. The van der Waals surface area contributed by atoms with Gasteiger partial charge in [-0.15, -0.1) is 0 Å². The number of nitrogens with one attached hydrogen (secondary N) is 1. The molecule has 7 heteroatoms. The number of carbonyl (C=O) groups is 2. The molecular formula is C18H21N3O4. The van der Waals surface area contributed by atoms with Crippen molar-refractivity contribution in [2.45, 2.75) is 19.3 Å². The minimum absolute atomic E-state index is 0.0811. The van der Waals surface area contributed by atoms with Gasteiger partial charge in [0, 0.05) is 12.2 Å². The number of aliphatic hydroxyl groups is 1. The van der Waals surface area contributed by atoms with E-state index in [1.807, 2.05) is 6.07 Å². The predicted molar refractivity (Wildman–Crippen MR) is 91.4 cm³/mol. The number of esters is 1. The molecule has 0 atom stereocenters. The molecule has 0 fully saturated rings. The molecule has 0 bridgehead atoms. The topological polar surface area (TPSA) is 103 Å². The fourth-order valence-corrected chi connectivity index (χ4v) is 2.54. The molecule has 0 spiro atoms. The van der Waals surface area contributed by atoms with Gasteiger partial charge in [0.15, 0.2) is 0 Å². The molecule has 2 rings (SSSR count). The first-order valence-corrected chi connectivity index (χ1v) is 7.84. The van der Waals surface area contributed by atoms with Crippen LogP contribution in [0.1, 0.15) is 19.4 Å². The highest BCUT2D eigenvalue weighted by molar-refractivity contribution is 6.08. The minimum Gasteiger partial charge on any atom is -0.466 e. The largest absolute Gasteiger partial charge is 0.466 e. The molecule has 1 aromatic rings. The van der Waals surface area contributed by atoms with Crippen LogP contribution in [-0.2, 0) is 19.7 Å². The summed E-state index contributed by atoms with van der Waals surface area (Å²) in [6, 6.07) is 9.36. The monoisotopic (exact) mass is 343 g/mol. The number of anilines is 1. The molecule has 132 valence electrons. The average molecular weight is 343 g/mol. The lowest BCUT2D eigenvalue weighted by Crippen LogP contribution is -2.31. The van der Waals surface area contributed by atoms with Gasteiger partial charge in [-0.1, -0.05) is 12.1 Å². The number of hydrogen-bond acceptors (Lipinski definition) is 6. The van der Waals surface area contributed by atoms with Gasteiger partial charge in [-0.25, -0.2) is 4.79 Å². The van der Waals surface area contributed by atoms with E-state index in [0.29, 0.717) is 5.69 Å². The van der Waals surface area contributed by atoms with E-state index in [4.69, 9.17) is 9.84 Å². The number of β-amino-alcohol motifs (C(OH)–C–C–N with tert-alkyl or cyclic N) is 1. The first kappa shape index (κ1) is 18.5. The standard InChI is InChI=1S/C18H21N3O4/c1-18(2,11-19)12-5-4-6-13(9-12)20-15-14(17(24)25-3)10-21(7-8-22)16(15)23/h4-6,9,20,22H,7-8,10H2,1-3H3. The van der Waals surface area contributed by atoms with Crippen LogP contribution in [0, 0.1) is 11.3 Å². The van der Waals surface area contributed by atoms with Crippen LogP contribution in [0.25, 0.3) is 0 Å². The summed E-state index contributed by atoms with van der Waals surface area (Å²) in [7, 11) is 1.25. The molecule has 0 unspecified atom stereocenters. The third-order valence-electron chi connectivity index (χ3n) is 4.09. The fraction of sp³-hybridized carbons (Fsp3) is 0.389. The molecule has 25 heavy (non-hydrogen) atoms.